The summed E-state index contributed by atoms with van der Waals surface area (Å²) in [5, 5.41) is 14.8. The Morgan fingerprint density at radius 2 is 1.40 bits per heavy atom. The number of nitrogens with zero attached hydrogens (tertiary/aromatic N) is 1. The molecular weight excluding hydrogens is 355 g/mol. The molecule has 0 spiro atoms. The third-order valence-electron chi connectivity index (χ3n) is 4.16. The molecule has 0 saturated carbocycles. The highest BCUT2D eigenvalue weighted by Crippen LogP contribution is 2.30. The van der Waals surface area contributed by atoms with Gasteiger partial charge in [0.2, 0.25) is 0 Å². The largest absolute Gasteiger partial charge is 0.375 e. The van der Waals surface area contributed by atoms with E-state index >= 15 is 0 Å². The lowest BCUT2D eigenvalue weighted by molar-refractivity contribution is -0.682. The van der Waals surface area contributed by atoms with Gasteiger partial charge in [0.1, 0.15) is 13.1 Å². The molecule has 1 aromatic heterocycles. The molecule has 0 atom stereocenters. The highest BCUT2D eigenvalue weighted by molar-refractivity contribution is 6.30. The third kappa shape index (κ3) is 4.39. The summed E-state index contributed by atoms with van der Waals surface area (Å²) < 4.78 is 0. The molecule has 25 heavy (non-hydrogen) atoms. The van der Waals surface area contributed by atoms with Crippen molar-refractivity contribution in [2.75, 3.05) is 6.54 Å². The maximum atomic E-state index is 11.5. The van der Waals surface area contributed by atoms with E-state index < -0.39 is 5.60 Å². The maximum absolute atomic E-state index is 11.5. The van der Waals surface area contributed by atoms with Crippen molar-refractivity contribution >= 4 is 23.2 Å². The zero-order valence-corrected chi connectivity index (χ0v) is 15.1. The highest BCUT2D eigenvalue weighted by atomic mass is 35.5. The van der Waals surface area contributed by atoms with Crippen LogP contribution in [0.4, 0.5) is 0 Å². The van der Waals surface area contributed by atoms with E-state index in [1.165, 1.54) is 0 Å². The number of hydrogen-bond acceptors (Lipinski definition) is 2. The van der Waals surface area contributed by atoms with Gasteiger partial charge in [-0.15, -0.1) is 0 Å². The third-order valence-corrected chi connectivity index (χ3v) is 4.67. The molecule has 128 valence electrons. The lowest BCUT2D eigenvalue weighted by Gasteiger charge is -2.28. The molecule has 0 saturated heterocycles. The number of hydrogen-bond donors (Lipinski definition) is 2. The van der Waals surface area contributed by atoms with Crippen molar-refractivity contribution in [1.82, 2.24) is 4.98 Å². The Hall–Kier alpha value is -1.91. The van der Waals surface area contributed by atoms with E-state index in [1.807, 2.05) is 47.8 Å². The van der Waals surface area contributed by atoms with Crippen LogP contribution in [0.1, 0.15) is 16.8 Å². The standard InChI is InChI=1S/C20H18Cl2N2O/c21-17-8-4-15(5-9-17)20(25,16-6-10-18(22)11-7-16)14-23-13-19-3-1-2-12-24-19/h1-12,23,25H,13-14H2/p+1. The van der Waals surface area contributed by atoms with E-state index in [4.69, 9.17) is 23.2 Å². The molecule has 0 aliphatic carbocycles. The molecule has 0 amide bonds. The predicted octanol–water partition coefficient (Wildman–Crippen LogP) is 3.39. The first-order valence-corrected chi connectivity index (χ1v) is 8.79. The summed E-state index contributed by atoms with van der Waals surface area (Å²) in [6.07, 6.45) is 1.77. The number of aromatic nitrogens is 1. The van der Waals surface area contributed by atoms with Crippen molar-refractivity contribution in [3.8, 4) is 0 Å². The van der Waals surface area contributed by atoms with E-state index in [0.717, 1.165) is 16.8 Å². The topological polar surface area (TPSA) is 49.7 Å². The lowest BCUT2D eigenvalue weighted by Crippen LogP contribution is -2.86. The van der Waals surface area contributed by atoms with Crippen molar-refractivity contribution in [2.24, 2.45) is 0 Å². The summed E-state index contributed by atoms with van der Waals surface area (Å²) in [4.78, 5) is 4.32. The Labute approximate surface area is 157 Å². The fraction of sp³-hybridized carbons (Fsp3) is 0.150. The Bertz CT molecular complexity index is 760. The summed E-state index contributed by atoms with van der Waals surface area (Å²) >= 11 is 12.0. The first-order valence-electron chi connectivity index (χ1n) is 8.04. The summed E-state index contributed by atoms with van der Waals surface area (Å²) in [5.41, 5.74) is 1.40. The van der Waals surface area contributed by atoms with E-state index in [1.54, 1.807) is 30.5 Å². The van der Waals surface area contributed by atoms with E-state index in [9.17, 15) is 5.11 Å². The van der Waals surface area contributed by atoms with Crippen LogP contribution in [0.15, 0.2) is 72.9 Å². The van der Waals surface area contributed by atoms with Crippen molar-refractivity contribution < 1.29 is 10.4 Å². The average molecular weight is 374 g/mol. The van der Waals surface area contributed by atoms with Crippen LogP contribution in [-0.2, 0) is 12.1 Å². The molecule has 2 aromatic carbocycles. The molecule has 3 rings (SSSR count). The second-order valence-electron chi connectivity index (χ2n) is 5.89. The van der Waals surface area contributed by atoms with Gasteiger partial charge in [-0.05, 0) is 47.5 Å². The molecule has 5 heteroatoms. The number of halogens is 2. The SMILES string of the molecule is OC(C[NH2+]Cc1ccccn1)(c1ccc(Cl)cc1)c1ccc(Cl)cc1. The Morgan fingerprint density at radius 1 is 0.840 bits per heavy atom. The van der Waals surface area contributed by atoms with Gasteiger partial charge in [0.25, 0.3) is 0 Å². The van der Waals surface area contributed by atoms with E-state index in [-0.39, 0.29) is 0 Å². The molecule has 3 N–H and O–H groups in total. The molecule has 0 bridgehead atoms. The van der Waals surface area contributed by atoms with Gasteiger partial charge in [0, 0.05) is 16.2 Å². The molecule has 0 unspecified atom stereocenters. The number of nitrogens with two attached hydrogens (primary N) is 1. The molecule has 0 radical (unpaired) electrons. The van der Waals surface area contributed by atoms with Crippen LogP contribution in [0, 0.1) is 0 Å². The van der Waals surface area contributed by atoms with Gasteiger partial charge in [-0.2, -0.15) is 0 Å². The first-order chi connectivity index (χ1) is 12.1. The van der Waals surface area contributed by atoms with Gasteiger partial charge in [-0.3, -0.25) is 4.98 Å². The quantitative estimate of drug-likeness (QED) is 0.695. The smallest absolute Gasteiger partial charge is 0.163 e. The first kappa shape index (κ1) is 17.9. The van der Waals surface area contributed by atoms with Gasteiger partial charge in [-0.25, -0.2) is 0 Å². The fourth-order valence-corrected chi connectivity index (χ4v) is 3.05. The number of rotatable bonds is 6. The van der Waals surface area contributed by atoms with Gasteiger partial charge in [-0.1, -0.05) is 53.5 Å². The maximum Gasteiger partial charge on any atom is 0.163 e. The second-order valence-corrected chi connectivity index (χ2v) is 6.76. The number of quaternary nitrogens is 1. The molecular formula is C20H19Cl2N2O+. The van der Waals surface area contributed by atoms with Crippen LogP contribution in [0.5, 0.6) is 0 Å². The van der Waals surface area contributed by atoms with Crippen LogP contribution in [0.3, 0.4) is 0 Å². The summed E-state index contributed by atoms with van der Waals surface area (Å²) in [6, 6.07) is 20.4. The number of aliphatic hydroxyl groups is 1. The zero-order valence-electron chi connectivity index (χ0n) is 13.6. The van der Waals surface area contributed by atoms with Gasteiger partial charge in [0.05, 0.1) is 5.69 Å². The predicted molar refractivity (Wildman–Crippen MR) is 101 cm³/mol. The summed E-state index contributed by atoms with van der Waals surface area (Å²) in [6.45, 7) is 1.14. The van der Waals surface area contributed by atoms with E-state index in [2.05, 4.69) is 4.98 Å². The van der Waals surface area contributed by atoms with Gasteiger partial charge in [0.15, 0.2) is 5.60 Å². The summed E-state index contributed by atoms with van der Waals surface area (Å²) in [5.74, 6) is 0. The molecule has 3 nitrogen and oxygen atoms in total. The second kappa shape index (κ2) is 7.98. The van der Waals surface area contributed by atoms with Crippen molar-refractivity contribution in [2.45, 2.75) is 12.1 Å². The molecule has 3 aromatic rings. The van der Waals surface area contributed by atoms with Gasteiger partial charge < -0.3 is 10.4 Å². The molecule has 0 fully saturated rings. The molecule has 0 aliphatic heterocycles. The molecule has 0 aliphatic rings. The monoisotopic (exact) mass is 373 g/mol. The van der Waals surface area contributed by atoms with E-state index in [0.29, 0.717) is 23.1 Å². The highest BCUT2D eigenvalue weighted by Gasteiger charge is 2.33. The Morgan fingerprint density at radius 3 is 1.88 bits per heavy atom. The zero-order chi connectivity index (χ0) is 17.7. The summed E-state index contributed by atoms with van der Waals surface area (Å²) in [7, 11) is 0. The molecule has 1 heterocycles. The van der Waals surface area contributed by atoms with Crippen molar-refractivity contribution in [3.05, 3.63) is 99.8 Å². The number of pyridine rings is 1. The van der Waals surface area contributed by atoms with Gasteiger partial charge >= 0.3 is 0 Å². The minimum atomic E-state index is -1.15. The lowest BCUT2D eigenvalue weighted by atomic mass is 9.86. The average Bonchev–Trinajstić information content (AvgIpc) is 2.63. The fourth-order valence-electron chi connectivity index (χ4n) is 2.80. The number of benzene rings is 2. The normalized spacial score (nSPS) is 11.5. The van der Waals surface area contributed by atoms with Crippen LogP contribution in [0.2, 0.25) is 10.0 Å². The Kier molecular flexibility index (Phi) is 5.71. The van der Waals surface area contributed by atoms with Crippen LogP contribution in [0.25, 0.3) is 0 Å². The van der Waals surface area contributed by atoms with Crippen LogP contribution >= 0.6 is 23.2 Å². The van der Waals surface area contributed by atoms with Crippen LogP contribution in [-0.4, -0.2) is 16.6 Å². The minimum absolute atomic E-state index is 0.451. The minimum Gasteiger partial charge on any atom is -0.375 e. The van der Waals surface area contributed by atoms with Crippen LogP contribution < -0.4 is 5.32 Å². The Balaban J connectivity index is 1.86. The van der Waals surface area contributed by atoms with Crippen molar-refractivity contribution in [3.63, 3.8) is 0 Å². The van der Waals surface area contributed by atoms with Crippen molar-refractivity contribution in [1.29, 1.82) is 0 Å².